The zero-order valence-corrected chi connectivity index (χ0v) is 30.5. The number of likely N-dealkylation sites (tertiary alicyclic amines) is 2. The van der Waals surface area contributed by atoms with Crippen LogP contribution in [0.1, 0.15) is 85.9 Å². The van der Waals surface area contributed by atoms with Crippen molar-refractivity contribution in [3.05, 3.63) is 68.5 Å². The van der Waals surface area contributed by atoms with Crippen molar-refractivity contribution in [3.63, 3.8) is 0 Å². The largest absolute Gasteiger partial charge is 0.466 e. The first kappa shape index (κ1) is 44.6. The zero-order valence-electron chi connectivity index (χ0n) is 30.5. The van der Waals surface area contributed by atoms with Gasteiger partial charge in [-0.2, -0.15) is 0 Å². The number of nitrogens with one attached hydrogen (secondary N) is 1. The summed E-state index contributed by atoms with van der Waals surface area (Å²) in [5.74, 6) is 0.441. The Labute approximate surface area is 297 Å². The molecule has 12 heteroatoms. The lowest BCUT2D eigenvalue weighted by Gasteiger charge is -2.34. The monoisotopic (exact) mass is 708 g/mol. The van der Waals surface area contributed by atoms with E-state index in [4.69, 9.17) is 9.47 Å². The van der Waals surface area contributed by atoms with Crippen LogP contribution in [0.5, 0.6) is 0 Å². The number of carbonyl (C=O) groups excluding carboxylic acids is 2. The smallest absolute Gasteiger partial charge is 0.329 e. The molecule has 0 saturated carbocycles. The van der Waals surface area contributed by atoms with Crippen LogP contribution >= 0.6 is 0 Å². The highest BCUT2D eigenvalue weighted by Gasteiger charge is 2.27. The van der Waals surface area contributed by atoms with Crippen LogP contribution in [0, 0.1) is 17.8 Å². The second-order valence-corrected chi connectivity index (χ2v) is 13.7. The summed E-state index contributed by atoms with van der Waals surface area (Å²) in [5, 5.41) is 0. The van der Waals surface area contributed by atoms with Crippen molar-refractivity contribution < 1.29 is 27.8 Å². The summed E-state index contributed by atoms with van der Waals surface area (Å²) >= 11 is 0. The standard InChI is InChI=1S/C18H27FN2O3.C10H13FN2O.C9H18O2.CH4/c1-4-24-18(23)16(9-13(2)3)21-10-14(5-6-17(21)22)7-8-20-11-15(19)12-20;11-9-6-13(7-9)4-3-8-1-2-10(14)12-5-8;1-5-11-9(10)8(4)6-7(2)3;/h5-6,10,13,15-16H,4,7-9,11-12H2,1-3H3;1-2,5,9H,3-4,6-7H2,(H,12,14);7-8H,5-6H2,1-4H3;1H4. The van der Waals surface area contributed by atoms with Crippen molar-refractivity contribution in [1.29, 1.82) is 0 Å². The van der Waals surface area contributed by atoms with Crippen molar-refractivity contribution in [2.45, 2.75) is 100.0 Å². The van der Waals surface area contributed by atoms with Gasteiger partial charge in [-0.25, -0.2) is 13.6 Å². The molecule has 2 unspecified atom stereocenters. The van der Waals surface area contributed by atoms with Gasteiger partial charge in [-0.05, 0) is 62.5 Å². The molecule has 2 fully saturated rings. The van der Waals surface area contributed by atoms with E-state index in [0.29, 0.717) is 51.7 Å². The Morgan fingerprint density at radius 1 is 0.780 bits per heavy atom. The third-order valence-electron chi connectivity index (χ3n) is 8.21. The van der Waals surface area contributed by atoms with Crippen LogP contribution in [0.2, 0.25) is 0 Å². The molecule has 4 rings (SSSR count). The number of halogens is 2. The van der Waals surface area contributed by atoms with E-state index in [9.17, 15) is 28.0 Å². The first-order valence-electron chi connectivity index (χ1n) is 17.7. The molecule has 10 nitrogen and oxygen atoms in total. The molecule has 0 bridgehead atoms. The normalized spacial score (nSPS) is 16.1. The first-order chi connectivity index (χ1) is 23.2. The van der Waals surface area contributed by atoms with Crippen molar-refractivity contribution in [2.75, 3.05) is 52.5 Å². The molecular formula is C38H62F2N4O6. The van der Waals surface area contributed by atoms with Gasteiger partial charge in [0.15, 0.2) is 0 Å². The summed E-state index contributed by atoms with van der Waals surface area (Å²) in [6, 6.07) is 6.00. The van der Waals surface area contributed by atoms with Crippen LogP contribution in [0.3, 0.4) is 0 Å². The van der Waals surface area contributed by atoms with E-state index >= 15 is 0 Å². The van der Waals surface area contributed by atoms with Crippen LogP contribution in [0.15, 0.2) is 46.2 Å². The molecule has 0 spiro atoms. The number of nitrogens with zero attached hydrogens (tertiary/aromatic N) is 3. The minimum Gasteiger partial charge on any atom is -0.466 e. The van der Waals surface area contributed by atoms with E-state index in [0.717, 1.165) is 43.5 Å². The number of esters is 2. The van der Waals surface area contributed by atoms with E-state index in [1.165, 1.54) is 16.7 Å². The molecule has 0 radical (unpaired) electrons. The molecule has 50 heavy (non-hydrogen) atoms. The number of pyridine rings is 2. The lowest BCUT2D eigenvalue weighted by Crippen LogP contribution is -2.48. The number of hydrogen-bond donors (Lipinski definition) is 1. The molecular weight excluding hydrogens is 646 g/mol. The Morgan fingerprint density at radius 3 is 1.74 bits per heavy atom. The Morgan fingerprint density at radius 2 is 1.28 bits per heavy atom. The van der Waals surface area contributed by atoms with Crippen molar-refractivity contribution in [3.8, 4) is 0 Å². The fraction of sp³-hybridized carbons (Fsp3) is 0.684. The Bertz CT molecular complexity index is 1370. The van der Waals surface area contributed by atoms with Gasteiger partial charge in [0, 0.05) is 63.8 Å². The van der Waals surface area contributed by atoms with Crippen molar-refractivity contribution in [1.82, 2.24) is 19.4 Å². The maximum atomic E-state index is 12.9. The number of aromatic amines is 1. The van der Waals surface area contributed by atoms with E-state index in [1.807, 2.05) is 38.7 Å². The predicted octanol–water partition coefficient (Wildman–Crippen LogP) is 5.63. The van der Waals surface area contributed by atoms with Gasteiger partial charge in [0.25, 0.3) is 5.56 Å². The molecule has 2 aromatic heterocycles. The quantitative estimate of drug-likeness (QED) is 0.237. The number of aromatic nitrogens is 2. The Balaban J connectivity index is 0.000000409. The van der Waals surface area contributed by atoms with Gasteiger partial charge in [0.05, 0.1) is 19.1 Å². The predicted molar refractivity (Wildman–Crippen MR) is 195 cm³/mol. The number of rotatable bonds is 15. The molecule has 4 heterocycles. The summed E-state index contributed by atoms with van der Waals surface area (Å²) in [6.07, 6.45) is 5.18. The lowest BCUT2D eigenvalue weighted by molar-refractivity contribution is -0.148. The minimum atomic E-state index is -0.710. The molecule has 2 aliphatic heterocycles. The maximum Gasteiger partial charge on any atom is 0.329 e. The summed E-state index contributed by atoms with van der Waals surface area (Å²) in [5.41, 5.74) is 1.77. The Kier molecular flexibility index (Phi) is 20.7. The highest BCUT2D eigenvalue weighted by molar-refractivity contribution is 5.74. The first-order valence-corrected chi connectivity index (χ1v) is 17.7. The number of H-pyrrole nitrogens is 1. The number of hydrogen-bond acceptors (Lipinski definition) is 8. The molecule has 1 N–H and O–H groups in total. The van der Waals surface area contributed by atoms with Crippen LogP contribution in [-0.2, 0) is 31.9 Å². The second-order valence-electron chi connectivity index (χ2n) is 13.7. The highest BCUT2D eigenvalue weighted by atomic mass is 19.1. The van der Waals surface area contributed by atoms with Gasteiger partial charge in [-0.1, -0.05) is 54.2 Å². The van der Waals surface area contributed by atoms with Gasteiger partial charge < -0.3 is 19.0 Å². The SMILES string of the molecule is C.CCOC(=O)C(C)CC(C)C.CCOC(=O)C(CC(C)C)n1cc(CCN2CC(F)C2)ccc1=O.O=c1ccc(CCN2CC(F)C2)c[nH]1. The van der Waals surface area contributed by atoms with Gasteiger partial charge in [0.1, 0.15) is 18.4 Å². The van der Waals surface area contributed by atoms with Crippen LogP contribution in [-0.4, -0.2) is 96.1 Å². The number of carbonyl (C=O) groups is 2. The summed E-state index contributed by atoms with van der Waals surface area (Å²) in [4.78, 5) is 53.1. The molecule has 0 aromatic carbocycles. The van der Waals surface area contributed by atoms with Gasteiger partial charge >= 0.3 is 11.9 Å². The maximum absolute atomic E-state index is 12.9. The third-order valence-corrected chi connectivity index (χ3v) is 8.21. The van der Waals surface area contributed by atoms with Gasteiger partial charge in [-0.15, -0.1) is 0 Å². The van der Waals surface area contributed by atoms with E-state index in [1.54, 1.807) is 25.4 Å². The van der Waals surface area contributed by atoms with Crippen molar-refractivity contribution in [2.24, 2.45) is 17.8 Å². The van der Waals surface area contributed by atoms with Gasteiger partial charge in [0.2, 0.25) is 5.56 Å². The third kappa shape index (κ3) is 16.6. The zero-order chi connectivity index (χ0) is 36.5. The molecule has 0 amide bonds. The van der Waals surface area contributed by atoms with E-state index in [2.05, 4.69) is 23.7 Å². The summed E-state index contributed by atoms with van der Waals surface area (Å²) in [6.45, 7) is 18.2. The van der Waals surface area contributed by atoms with Gasteiger partial charge in [-0.3, -0.25) is 24.2 Å². The molecule has 2 aliphatic rings. The van der Waals surface area contributed by atoms with E-state index in [-0.39, 0.29) is 42.3 Å². The molecule has 284 valence electrons. The van der Waals surface area contributed by atoms with Crippen molar-refractivity contribution >= 4 is 11.9 Å². The van der Waals surface area contributed by atoms with E-state index < -0.39 is 18.4 Å². The average molecular weight is 709 g/mol. The summed E-state index contributed by atoms with van der Waals surface area (Å²) in [7, 11) is 0. The van der Waals surface area contributed by atoms with Crippen LogP contribution in [0.4, 0.5) is 8.78 Å². The number of alkyl halides is 2. The minimum absolute atomic E-state index is 0. The average Bonchev–Trinajstić information content (AvgIpc) is 3.01. The topological polar surface area (TPSA) is 114 Å². The molecule has 2 aromatic rings. The second kappa shape index (κ2) is 23.2. The van der Waals surface area contributed by atoms with Crippen LogP contribution in [0.25, 0.3) is 0 Å². The molecule has 2 saturated heterocycles. The fourth-order valence-corrected chi connectivity index (χ4v) is 5.59. The lowest BCUT2D eigenvalue weighted by atomic mass is 9.99. The number of ether oxygens (including phenoxy) is 2. The Hall–Kier alpha value is -3.38. The molecule has 0 aliphatic carbocycles. The van der Waals surface area contributed by atoms with Crippen LogP contribution < -0.4 is 11.1 Å². The fourth-order valence-electron chi connectivity index (χ4n) is 5.59. The summed E-state index contributed by atoms with van der Waals surface area (Å²) < 4.78 is 36.8. The highest BCUT2D eigenvalue weighted by Crippen LogP contribution is 2.19. The molecule has 2 atom stereocenters.